The molecule has 30 heavy (non-hydrogen) atoms. The molecule has 2 aliphatic heterocycles. The molecule has 0 bridgehead atoms. The number of rotatable bonds is 6. The first-order valence-electron chi connectivity index (χ1n) is 10.4. The second-order valence-electron chi connectivity index (χ2n) is 8.29. The van der Waals surface area contributed by atoms with Gasteiger partial charge in [-0.25, -0.2) is 23.6 Å². The van der Waals surface area contributed by atoms with Crippen molar-refractivity contribution >= 4 is 21.6 Å². The molecule has 3 atom stereocenters. The van der Waals surface area contributed by atoms with E-state index in [0.29, 0.717) is 13.0 Å². The highest BCUT2D eigenvalue weighted by molar-refractivity contribution is 7.89. The van der Waals surface area contributed by atoms with Gasteiger partial charge in [-0.1, -0.05) is 12.8 Å². The van der Waals surface area contributed by atoms with Gasteiger partial charge in [-0.05, 0) is 50.6 Å². The minimum Gasteiger partial charge on any atom is -0.368 e. The quantitative estimate of drug-likeness (QED) is 0.526. The largest absolute Gasteiger partial charge is 0.368 e. The van der Waals surface area contributed by atoms with Crippen molar-refractivity contribution in [3.63, 3.8) is 0 Å². The summed E-state index contributed by atoms with van der Waals surface area (Å²) < 4.78 is 26.2. The van der Waals surface area contributed by atoms with E-state index >= 15 is 0 Å². The molecule has 162 valence electrons. The van der Waals surface area contributed by atoms with E-state index in [0.717, 1.165) is 37.8 Å². The van der Waals surface area contributed by atoms with Crippen LogP contribution in [-0.2, 0) is 14.8 Å². The number of hydrogen-bond donors (Lipinski definition) is 4. The molecule has 1 aromatic rings. The molecule has 0 spiro atoms. The summed E-state index contributed by atoms with van der Waals surface area (Å²) in [6.45, 7) is 0.629. The van der Waals surface area contributed by atoms with Crippen LogP contribution < -0.4 is 20.8 Å². The van der Waals surface area contributed by atoms with Crippen LogP contribution in [0, 0.1) is 17.2 Å². The van der Waals surface area contributed by atoms with Gasteiger partial charge in [0.2, 0.25) is 15.9 Å². The Morgan fingerprint density at radius 1 is 1.27 bits per heavy atom. The first-order chi connectivity index (χ1) is 14.4. The van der Waals surface area contributed by atoms with Crippen LogP contribution in [0.1, 0.15) is 38.5 Å². The molecule has 4 rings (SSSR count). The number of benzene rings is 1. The molecule has 1 aliphatic carbocycles. The zero-order chi connectivity index (χ0) is 21.4. The van der Waals surface area contributed by atoms with E-state index in [1.54, 1.807) is 12.1 Å². The molecule has 1 amide bonds. The molecule has 2 saturated heterocycles. The Balaban J connectivity index is 1.58. The number of amides is 1. The van der Waals surface area contributed by atoms with Gasteiger partial charge in [0.15, 0.2) is 0 Å². The second-order valence-corrected chi connectivity index (χ2v) is 10.2. The Kier molecular flexibility index (Phi) is 5.72. The average Bonchev–Trinajstić information content (AvgIpc) is 3.35. The van der Waals surface area contributed by atoms with Gasteiger partial charge < -0.3 is 10.6 Å². The number of nitrogens with zero attached hydrogens (tertiary/aromatic N) is 2. The molecule has 10 heteroatoms. The van der Waals surface area contributed by atoms with Crippen LogP contribution in [0.3, 0.4) is 0 Å². The molecule has 1 saturated carbocycles. The van der Waals surface area contributed by atoms with Crippen molar-refractivity contribution in [3.8, 4) is 6.07 Å². The predicted octanol–water partition coefficient (Wildman–Crippen LogP) is 0.884. The smallest absolute Gasteiger partial charge is 0.240 e. The lowest BCUT2D eigenvalue weighted by atomic mass is 9.86. The van der Waals surface area contributed by atoms with Crippen LogP contribution in [-0.4, -0.2) is 50.7 Å². The van der Waals surface area contributed by atoms with Crippen molar-refractivity contribution in [3.05, 3.63) is 24.3 Å². The lowest BCUT2D eigenvalue weighted by molar-refractivity contribution is -0.128. The first kappa shape index (κ1) is 21.1. The zero-order valence-corrected chi connectivity index (χ0v) is 17.8. The van der Waals surface area contributed by atoms with Crippen LogP contribution in [0.15, 0.2) is 29.2 Å². The fourth-order valence-electron chi connectivity index (χ4n) is 5.13. The lowest BCUT2D eigenvalue weighted by Gasteiger charge is -2.42. The highest BCUT2D eigenvalue weighted by atomic mass is 32.2. The monoisotopic (exact) mass is 432 g/mol. The van der Waals surface area contributed by atoms with E-state index < -0.39 is 10.0 Å². The van der Waals surface area contributed by atoms with Gasteiger partial charge in [-0.15, -0.1) is 0 Å². The number of nitriles is 1. The summed E-state index contributed by atoms with van der Waals surface area (Å²) in [5.74, 6) is -0.297. The molecular weight excluding hydrogens is 404 g/mol. The Hall–Kier alpha value is -2.19. The summed E-state index contributed by atoms with van der Waals surface area (Å²) in [6.07, 6.45) is 5.00. The van der Waals surface area contributed by atoms with Crippen LogP contribution in [0.5, 0.6) is 0 Å². The van der Waals surface area contributed by atoms with Gasteiger partial charge in [0, 0.05) is 23.8 Å². The zero-order valence-electron chi connectivity index (χ0n) is 17.0. The van der Waals surface area contributed by atoms with Gasteiger partial charge in [0.05, 0.1) is 23.3 Å². The Bertz CT molecular complexity index is 936. The predicted molar refractivity (Wildman–Crippen MR) is 111 cm³/mol. The number of carbonyl (C=O) groups excluding carboxylic acids is 1. The number of fused-ring (bicyclic) bond motifs is 1. The van der Waals surface area contributed by atoms with Crippen LogP contribution in [0.25, 0.3) is 0 Å². The number of hydrogen-bond acceptors (Lipinski definition) is 7. The van der Waals surface area contributed by atoms with Crippen molar-refractivity contribution < 1.29 is 13.2 Å². The molecule has 3 fully saturated rings. The van der Waals surface area contributed by atoms with Gasteiger partial charge in [-0.3, -0.25) is 4.79 Å². The van der Waals surface area contributed by atoms with E-state index in [9.17, 15) is 18.5 Å². The van der Waals surface area contributed by atoms with Gasteiger partial charge in [-0.2, -0.15) is 5.26 Å². The maximum atomic E-state index is 12.8. The van der Waals surface area contributed by atoms with Gasteiger partial charge in [0.1, 0.15) is 6.17 Å². The number of hydrazine groups is 1. The summed E-state index contributed by atoms with van der Waals surface area (Å²) in [5, 5.41) is 18.0. The van der Waals surface area contributed by atoms with Gasteiger partial charge >= 0.3 is 0 Å². The highest BCUT2D eigenvalue weighted by Gasteiger charge is 2.54. The summed E-state index contributed by atoms with van der Waals surface area (Å²) in [4.78, 5) is 12.9. The van der Waals surface area contributed by atoms with E-state index in [1.165, 1.54) is 19.2 Å². The van der Waals surface area contributed by atoms with E-state index in [2.05, 4.69) is 31.9 Å². The molecule has 3 unspecified atom stereocenters. The Morgan fingerprint density at radius 3 is 2.60 bits per heavy atom. The summed E-state index contributed by atoms with van der Waals surface area (Å²) in [5.41, 5.74) is 4.00. The second kappa shape index (κ2) is 8.15. The van der Waals surface area contributed by atoms with Crippen molar-refractivity contribution in [2.24, 2.45) is 5.92 Å². The minimum atomic E-state index is -3.50. The maximum absolute atomic E-state index is 12.8. The van der Waals surface area contributed by atoms with Crippen molar-refractivity contribution in [1.29, 1.82) is 5.26 Å². The molecule has 1 aromatic carbocycles. The topological polar surface area (TPSA) is 126 Å². The number of nitrogens with one attached hydrogen (secondary N) is 4. The van der Waals surface area contributed by atoms with Crippen LogP contribution >= 0.6 is 0 Å². The van der Waals surface area contributed by atoms with Crippen molar-refractivity contribution in [1.82, 2.24) is 20.5 Å². The third kappa shape index (κ3) is 3.67. The highest BCUT2D eigenvalue weighted by Crippen LogP contribution is 2.43. The number of carbonyl (C=O) groups is 1. The molecule has 3 aliphatic rings. The molecule has 0 aromatic heterocycles. The third-order valence-electron chi connectivity index (χ3n) is 6.63. The van der Waals surface area contributed by atoms with Crippen molar-refractivity contribution in [2.75, 3.05) is 18.9 Å². The van der Waals surface area contributed by atoms with Crippen LogP contribution in [0.4, 0.5) is 5.69 Å². The minimum absolute atomic E-state index is 0.00163. The van der Waals surface area contributed by atoms with Crippen LogP contribution in [0.2, 0.25) is 0 Å². The maximum Gasteiger partial charge on any atom is 0.240 e. The average molecular weight is 433 g/mol. The van der Waals surface area contributed by atoms with E-state index in [-0.39, 0.29) is 34.5 Å². The normalized spacial score (nSPS) is 28.5. The Labute approximate surface area is 177 Å². The number of piperidine rings is 1. The molecule has 0 radical (unpaired) electrons. The van der Waals surface area contributed by atoms with E-state index in [4.69, 9.17) is 0 Å². The standard InChI is InChI=1S/C20H28N6O3S/c1-22-30(28,29)15-6-4-14(5-7-15)24-18-17-16(8-13-23-19(17)27)26(25-18)20(11-12-21)9-2-3-10-20/h4-7,16-18,22,24-25H,2-3,8-11,13H2,1H3,(H,23,27). The molecular formula is C20H28N6O3S. The molecule has 2 heterocycles. The Morgan fingerprint density at radius 2 is 1.97 bits per heavy atom. The number of sulfonamides is 1. The van der Waals surface area contributed by atoms with E-state index in [1.807, 2.05) is 0 Å². The lowest BCUT2D eigenvalue weighted by Crippen LogP contribution is -2.57. The first-order valence-corrected chi connectivity index (χ1v) is 11.9. The third-order valence-corrected chi connectivity index (χ3v) is 8.06. The number of anilines is 1. The fraction of sp³-hybridized carbons (Fsp3) is 0.600. The molecule has 4 N–H and O–H groups in total. The summed E-state index contributed by atoms with van der Waals surface area (Å²) in [7, 11) is -2.13. The summed E-state index contributed by atoms with van der Waals surface area (Å²) >= 11 is 0. The SMILES string of the molecule is CNS(=O)(=O)c1ccc(NC2NN(C3(CC#N)CCCC3)C3CCNC(=O)C23)cc1. The molecule has 9 nitrogen and oxygen atoms in total. The van der Waals surface area contributed by atoms with Crippen molar-refractivity contribution in [2.45, 2.75) is 61.2 Å². The fourth-order valence-corrected chi connectivity index (χ4v) is 5.86. The summed E-state index contributed by atoms with van der Waals surface area (Å²) in [6, 6.07) is 8.85. The van der Waals surface area contributed by atoms with Gasteiger partial charge in [0.25, 0.3) is 0 Å².